The Morgan fingerprint density at radius 1 is 0.405 bits per heavy atom. The number of ether oxygens (including phenoxy) is 1. The Hall–Kier alpha value is -9.50. The number of hydrogen-bond donors (Lipinski definition) is 1. The van der Waals surface area contributed by atoms with Crippen LogP contribution in [0, 0.1) is 0 Å². The van der Waals surface area contributed by atoms with E-state index in [1.54, 1.807) is 67.2 Å². The predicted molar refractivity (Wildman–Crippen MR) is 309 cm³/mol. The highest BCUT2D eigenvalue weighted by Gasteiger charge is 2.15. The van der Waals surface area contributed by atoms with Gasteiger partial charge in [0.25, 0.3) is 0 Å². The lowest BCUT2D eigenvalue weighted by molar-refractivity contribution is 0.302. The predicted octanol–water partition coefficient (Wildman–Crippen LogP) is 17.3. The molecule has 0 unspecified atom stereocenters. The molecule has 15 rings (SSSR count). The Kier molecular flexibility index (Phi) is 22.4. The van der Waals surface area contributed by atoms with Crippen LogP contribution in [-0.4, -0.2) is 24.9 Å². The normalized spacial score (nSPS) is 10.4. The third kappa shape index (κ3) is 18.4. The molecular formula is C66H57N5O2S. The van der Waals surface area contributed by atoms with Crippen LogP contribution in [-0.2, 0) is 13.0 Å². The number of nitrogens with zero attached hydrogens (tertiary/aromatic N) is 4. The number of fused-ring (bicyclic) bond motifs is 7. The number of thiophene rings is 1. The van der Waals surface area contributed by atoms with E-state index in [0.717, 1.165) is 23.1 Å². The van der Waals surface area contributed by atoms with Crippen molar-refractivity contribution in [3.63, 3.8) is 0 Å². The number of H-pyrrole nitrogens is 1. The molecule has 1 aliphatic carbocycles. The minimum Gasteiger partial charge on any atom is -0.488 e. The number of allylic oxidation sites excluding steroid dienone is 1. The lowest BCUT2D eigenvalue weighted by Gasteiger charge is -2.20. The molecule has 13 aromatic rings. The van der Waals surface area contributed by atoms with Crippen LogP contribution in [0.5, 0.6) is 5.75 Å². The fourth-order valence-corrected chi connectivity index (χ4v) is 7.92. The van der Waals surface area contributed by atoms with Gasteiger partial charge in [-0.2, -0.15) is 0 Å². The van der Waals surface area contributed by atoms with Gasteiger partial charge in [0.1, 0.15) is 17.9 Å². The van der Waals surface area contributed by atoms with E-state index in [2.05, 4.69) is 146 Å². The highest BCUT2D eigenvalue weighted by atomic mass is 32.1. The van der Waals surface area contributed by atoms with Crippen molar-refractivity contribution < 1.29 is 9.15 Å². The van der Waals surface area contributed by atoms with Crippen LogP contribution in [0.4, 0.5) is 0 Å². The molecule has 1 N–H and O–H groups in total. The molecule has 0 bridgehead atoms. The Bertz CT molecular complexity index is 2980. The minimum atomic E-state index is 0.688. The Balaban J connectivity index is 0.000000123. The number of rotatable bonds is 0. The topological polar surface area (TPSA) is 89.7 Å². The molecule has 0 amide bonds. The Labute approximate surface area is 437 Å². The van der Waals surface area contributed by atoms with E-state index in [1.165, 1.54) is 48.8 Å². The van der Waals surface area contributed by atoms with E-state index in [1.807, 2.05) is 140 Å². The molecule has 0 saturated heterocycles. The van der Waals surface area contributed by atoms with E-state index in [-0.39, 0.29) is 0 Å². The minimum absolute atomic E-state index is 0.688. The van der Waals surface area contributed by atoms with Crippen LogP contribution >= 0.6 is 11.3 Å². The number of aromatic nitrogens is 5. The van der Waals surface area contributed by atoms with Crippen molar-refractivity contribution in [2.24, 2.45) is 0 Å². The number of nitrogens with one attached hydrogen (secondary N) is 1. The van der Waals surface area contributed by atoms with Crippen molar-refractivity contribution >= 4 is 49.4 Å². The molecule has 0 fully saturated rings. The first-order valence-electron chi connectivity index (χ1n) is 24.1. The molecule has 6 aromatic carbocycles. The SMILES string of the molecule is C1=Cc2ccccc2C1.c1ccc2[nH]ccc2c1.c1ccc2c(c1)COc1ccccc1-2.c1ccc2occc2c1.c1ccc2sccc2c1.c1ccncc1.c1ccncc1.c1ccncc1.c1ccncc1. The molecular weight excluding hydrogens is 927 g/mol. The smallest absolute Gasteiger partial charge is 0.133 e. The summed E-state index contributed by atoms with van der Waals surface area (Å²) in [4.78, 5) is 18.3. The van der Waals surface area contributed by atoms with E-state index in [4.69, 9.17) is 9.15 Å². The molecule has 0 radical (unpaired) electrons. The van der Waals surface area contributed by atoms with Gasteiger partial charge in [-0.25, -0.2) is 0 Å². The number of aromatic amines is 1. The summed E-state index contributed by atoms with van der Waals surface area (Å²) in [5, 5.41) is 5.91. The maximum Gasteiger partial charge on any atom is 0.133 e. The molecule has 0 atom stereocenters. The van der Waals surface area contributed by atoms with Crippen molar-refractivity contribution in [2.45, 2.75) is 13.0 Å². The number of pyridine rings is 4. The fraction of sp³-hybridized carbons (Fsp3) is 0.0303. The molecule has 0 saturated carbocycles. The molecule has 0 spiro atoms. The molecule has 1 aliphatic heterocycles. The molecule has 2 aliphatic rings. The van der Waals surface area contributed by atoms with Crippen molar-refractivity contribution in [2.75, 3.05) is 0 Å². The van der Waals surface area contributed by atoms with E-state index >= 15 is 0 Å². The van der Waals surface area contributed by atoms with E-state index in [0.29, 0.717) is 6.61 Å². The van der Waals surface area contributed by atoms with Gasteiger partial charge in [0.15, 0.2) is 0 Å². The average Bonchev–Trinajstić information content (AvgIpc) is 4.37. The molecule has 7 aromatic heterocycles. The van der Waals surface area contributed by atoms with Gasteiger partial charge in [-0.15, -0.1) is 11.3 Å². The van der Waals surface area contributed by atoms with Crippen molar-refractivity contribution in [1.29, 1.82) is 0 Å². The largest absolute Gasteiger partial charge is 0.488 e. The second-order valence-electron chi connectivity index (χ2n) is 15.8. The van der Waals surface area contributed by atoms with Crippen molar-refractivity contribution in [1.82, 2.24) is 24.9 Å². The summed E-state index contributed by atoms with van der Waals surface area (Å²) in [5.41, 5.74) is 8.78. The van der Waals surface area contributed by atoms with Gasteiger partial charge in [0.05, 0.1) is 6.26 Å². The van der Waals surface area contributed by atoms with Gasteiger partial charge in [0.2, 0.25) is 0 Å². The Morgan fingerprint density at radius 3 is 1.51 bits per heavy atom. The molecule has 8 heterocycles. The van der Waals surface area contributed by atoms with Gasteiger partial charge < -0.3 is 14.1 Å². The van der Waals surface area contributed by atoms with Gasteiger partial charge in [-0.3, -0.25) is 19.9 Å². The summed E-state index contributed by atoms with van der Waals surface area (Å²) >= 11 is 1.79. The van der Waals surface area contributed by atoms with Crippen LogP contribution < -0.4 is 4.74 Å². The third-order valence-electron chi connectivity index (χ3n) is 10.7. The summed E-state index contributed by atoms with van der Waals surface area (Å²) in [6, 6.07) is 78.6. The zero-order valence-corrected chi connectivity index (χ0v) is 41.8. The van der Waals surface area contributed by atoms with Crippen LogP contribution in [0.15, 0.2) is 314 Å². The lowest BCUT2D eigenvalue weighted by atomic mass is 9.97. The van der Waals surface area contributed by atoms with E-state index in [9.17, 15) is 0 Å². The zero-order chi connectivity index (χ0) is 50.8. The van der Waals surface area contributed by atoms with Gasteiger partial charge in [-0.05, 0) is 136 Å². The van der Waals surface area contributed by atoms with Crippen LogP contribution in [0.2, 0.25) is 0 Å². The first-order chi connectivity index (χ1) is 36.8. The summed E-state index contributed by atoms with van der Waals surface area (Å²) in [6.07, 6.45) is 23.1. The number of para-hydroxylation sites is 3. The molecule has 364 valence electrons. The maximum atomic E-state index is 5.65. The summed E-state index contributed by atoms with van der Waals surface area (Å²) in [6.45, 7) is 0.688. The first kappa shape index (κ1) is 52.3. The van der Waals surface area contributed by atoms with Gasteiger partial charge in [0, 0.05) is 76.9 Å². The summed E-state index contributed by atoms with van der Waals surface area (Å²) in [7, 11) is 0. The third-order valence-corrected chi connectivity index (χ3v) is 11.6. The molecule has 8 heteroatoms. The number of hydrogen-bond acceptors (Lipinski definition) is 7. The molecule has 74 heavy (non-hydrogen) atoms. The van der Waals surface area contributed by atoms with Crippen LogP contribution in [0.25, 0.3) is 49.2 Å². The van der Waals surface area contributed by atoms with Crippen molar-refractivity contribution in [3.05, 3.63) is 327 Å². The van der Waals surface area contributed by atoms with Gasteiger partial charge >= 0.3 is 0 Å². The highest BCUT2D eigenvalue weighted by Crippen LogP contribution is 2.36. The summed E-state index contributed by atoms with van der Waals surface area (Å²) in [5.74, 6) is 0.992. The second-order valence-corrected chi connectivity index (χ2v) is 16.8. The Morgan fingerprint density at radius 2 is 0.932 bits per heavy atom. The first-order valence-corrected chi connectivity index (χ1v) is 25.0. The van der Waals surface area contributed by atoms with Crippen LogP contribution in [0.1, 0.15) is 16.7 Å². The van der Waals surface area contributed by atoms with Crippen LogP contribution in [0.3, 0.4) is 0 Å². The lowest BCUT2D eigenvalue weighted by Crippen LogP contribution is -2.04. The summed E-state index contributed by atoms with van der Waals surface area (Å²) < 4.78 is 12.1. The van der Waals surface area contributed by atoms with E-state index < -0.39 is 0 Å². The average molecular weight is 984 g/mol. The highest BCUT2D eigenvalue weighted by molar-refractivity contribution is 7.17. The fourth-order valence-electron chi connectivity index (χ4n) is 7.13. The molecule has 7 nitrogen and oxygen atoms in total. The quantitative estimate of drug-likeness (QED) is 0.163. The van der Waals surface area contributed by atoms with Crippen molar-refractivity contribution in [3.8, 4) is 16.9 Å². The second kappa shape index (κ2) is 31.7. The van der Waals surface area contributed by atoms with Gasteiger partial charge in [-0.1, -0.05) is 158 Å². The monoisotopic (exact) mass is 983 g/mol. The maximum absolute atomic E-state index is 5.65. The number of furan rings is 1. The zero-order valence-electron chi connectivity index (χ0n) is 41.0. The standard InChI is InChI=1S/C13H10O.C9H8.C8H7N.C8H6O.C8H6S.4C5H5N/c1-2-6-11-10(5-1)9-14-13-8-4-3-7-12(11)13;1-2-5-9-7-3-6-8(9)4-1;3*1-2-4-8-7(3-1)5-6-9-8;4*1-2-4-6-5-3-1/h1-8H,9H2;1-6H,7H2;1-6,9H;2*1-6H;4*1-5H. The number of benzene rings is 6.